The zero-order valence-corrected chi connectivity index (χ0v) is 40.2. The number of rotatable bonds is 14. The standard InChI is InChI=1S/C40H79NO6Si4/c1-28(34(44-48(7,8)9)21-22-37(2,3)47-51(16,17)18)29-20-24-40(42)31-25-33(41-43-6)32-26-35(45-49(10,11)12)36(46-50(13,14)15)27-38(32,4)30(31)19-23-39(29,40)5/h25,28-30,32,34-36,42H,19-24,26-27H2,1-18H3/b41-33+. The first-order valence-corrected chi connectivity index (χ1v) is 33.9. The van der Waals surface area contributed by atoms with Gasteiger partial charge in [-0.05, 0) is 179 Å². The third-order valence-corrected chi connectivity index (χ3v) is 16.9. The highest BCUT2D eigenvalue weighted by molar-refractivity contribution is 6.71. The lowest BCUT2D eigenvalue weighted by Gasteiger charge is -2.61. The third-order valence-electron chi connectivity index (χ3n) is 12.7. The molecule has 0 spiro atoms. The van der Waals surface area contributed by atoms with Crippen molar-refractivity contribution in [2.45, 2.75) is 194 Å². The number of allylic oxidation sites excluding steroid dienone is 1. The summed E-state index contributed by atoms with van der Waals surface area (Å²) in [7, 11) is -5.55. The molecule has 0 aromatic carbocycles. The lowest BCUT2D eigenvalue weighted by Crippen LogP contribution is -2.62. The lowest BCUT2D eigenvalue weighted by molar-refractivity contribution is -0.122. The maximum absolute atomic E-state index is 13.3. The Balaban J connectivity index is 1.70. The molecule has 0 aromatic rings. The monoisotopic (exact) mass is 781 g/mol. The zero-order valence-electron chi connectivity index (χ0n) is 36.2. The Labute approximate surface area is 317 Å². The van der Waals surface area contributed by atoms with E-state index in [0.717, 1.165) is 57.1 Å². The van der Waals surface area contributed by atoms with Crippen LogP contribution in [0.25, 0.3) is 0 Å². The van der Waals surface area contributed by atoms with Crippen molar-refractivity contribution >= 4 is 39.0 Å². The SMILES string of the molecule is CO/N=C1\C=C2C(CCC3(C)C(C(C)C(CCC(C)(C)O[Si](C)(C)C)O[Si](C)(C)C)CCC23O)C2(C)CC(O[Si](C)(C)C)C(O[Si](C)(C)C)CC12. The molecule has 11 heteroatoms. The number of hydrogen-bond acceptors (Lipinski definition) is 7. The normalized spacial score (nSPS) is 37.0. The molecule has 0 aliphatic heterocycles. The first-order chi connectivity index (χ1) is 22.9. The molecule has 0 aromatic heterocycles. The van der Waals surface area contributed by atoms with Crippen molar-refractivity contribution in [2.24, 2.45) is 39.7 Å². The molecule has 7 nitrogen and oxygen atoms in total. The molecule has 10 atom stereocenters. The first kappa shape index (κ1) is 43.6. The fourth-order valence-corrected chi connectivity index (χ4v) is 16.4. The lowest BCUT2D eigenvalue weighted by atomic mass is 9.45. The number of oxime groups is 1. The van der Waals surface area contributed by atoms with E-state index in [1.54, 1.807) is 7.11 Å². The van der Waals surface area contributed by atoms with Gasteiger partial charge in [0.15, 0.2) is 33.3 Å². The summed E-state index contributed by atoms with van der Waals surface area (Å²) in [6.45, 7) is 39.3. The Morgan fingerprint density at radius 1 is 0.843 bits per heavy atom. The first-order valence-electron chi connectivity index (χ1n) is 20.2. The van der Waals surface area contributed by atoms with Crippen LogP contribution in [0.3, 0.4) is 0 Å². The van der Waals surface area contributed by atoms with Crippen LogP contribution in [0.1, 0.15) is 86.0 Å². The van der Waals surface area contributed by atoms with Gasteiger partial charge in [0.25, 0.3) is 0 Å². The molecule has 0 radical (unpaired) electrons. The van der Waals surface area contributed by atoms with Gasteiger partial charge in [0.1, 0.15) is 7.11 Å². The van der Waals surface area contributed by atoms with Crippen LogP contribution in [0.5, 0.6) is 0 Å². The van der Waals surface area contributed by atoms with Crippen LogP contribution in [0.15, 0.2) is 16.8 Å². The van der Waals surface area contributed by atoms with E-state index in [0.29, 0.717) is 11.8 Å². The minimum absolute atomic E-state index is 0.0385. The van der Waals surface area contributed by atoms with Gasteiger partial charge in [0.05, 0.1) is 29.1 Å². The maximum Gasteiger partial charge on any atom is 0.184 e. The predicted molar refractivity (Wildman–Crippen MR) is 223 cm³/mol. The third kappa shape index (κ3) is 9.82. The molecule has 1 N–H and O–H groups in total. The molecule has 0 bridgehead atoms. The van der Waals surface area contributed by atoms with Crippen molar-refractivity contribution in [3.63, 3.8) is 0 Å². The van der Waals surface area contributed by atoms with Gasteiger partial charge in [0, 0.05) is 17.4 Å². The van der Waals surface area contributed by atoms with Gasteiger partial charge in [-0.2, -0.15) is 0 Å². The maximum atomic E-state index is 13.3. The van der Waals surface area contributed by atoms with Gasteiger partial charge in [0.2, 0.25) is 0 Å². The van der Waals surface area contributed by atoms with Gasteiger partial charge in [-0.25, -0.2) is 0 Å². The molecule has 10 unspecified atom stereocenters. The van der Waals surface area contributed by atoms with Crippen LogP contribution in [0, 0.1) is 34.5 Å². The molecule has 0 saturated heterocycles. The molecule has 4 aliphatic rings. The van der Waals surface area contributed by atoms with Crippen molar-refractivity contribution in [1.29, 1.82) is 0 Å². The summed E-state index contributed by atoms with van der Waals surface area (Å²) < 4.78 is 27.7. The largest absolute Gasteiger partial charge is 0.414 e. The second-order valence-corrected chi connectivity index (χ2v) is 39.8. The van der Waals surface area contributed by atoms with Crippen LogP contribution in [-0.2, 0) is 22.5 Å². The topological polar surface area (TPSA) is 78.7 Å². The zero-order chi connectivity index (χ0) is 38.8. The Bertz CT molecular complexity index is 1300. The smallest absolute Gasteiger partial charge is 0.184 e. The van der Waals surface area contributed by atoms with Crippen LogP contribution in [0.2, 0.25) is 78.6 Å². The molecule has 296 valence electrons. The van der Waals surface area contributed by atoms with Crippen molar-refractivity contribution in [3.8, 4) is 0 Å². The van der Waals surface area contributed by atoms with E-state index < -0.39 is 38.9 Å². The Kier molecular flexibility index (Phi) is 12.6. The van der Waals surface area contributed by atoms with Gasteiger partial charge in [-0.3, -0.25) is 0 Å². The number of fused-ring (bicyclic) bond motifs is 5. The molecule has 3 saturated carbocycles. The summed E-state index contributed by atoms with van der Waals surface area (Å²) >= 11 is 0. The summed E-state index contributed by atoms with van der Waals surface area (Å²) in [5.74, 6) is 1.12. The van der Waals surface area contributed by atoms with E-state index in [4.69, 9.17) is 27.7 Å². The predicted octanol–water partition coefficient (Wildman–Crippen LogP) is 10.6. The highest BCUT2D eigenvalue weighted by Gasteiger charge is 2.67. The molecule has 51 heavy (non-hydrogen) atoms. The fourth-order valence-electron chi connectivity index (χ4n) is 11.1. The number of nitrogens with zero attached hydrogens (tertiary/aromatic N) is 1. The van der Waals surface area contributed by atoms with Crippen LogP contribution < -0.4 is 0 Å². The van der Waals surface area contributed by atoms with Crippen molar-refractivity contribution in [2.75, 3.05) is 7.11 Å². The van der Waals surface area contributed by atoms with E-state index in [-0.39, 0.29) is 46.6 Å². The van der Waals surface area contributed by atoms with Gasteiger partial charge in [-0.15, -0.1) is 0 Å². The highest BCUT2D eigenvalue weighted by Crippen LogP contribution is 2.68. The van der Waals surface area contributed by atoms with Gasteiger partial charge >= 0.3 is 0 Å². The van der Waals surface area contributed by atoms with Crippen LogP contribution in [-0.4, -0.2) is 80.7 Å². The summed E-state index contributed by atoms with van der Waals surface area (Å²) in [5.41, 5.74) is 0.716. The van der Waals surface area contributed by atoms with Crippen LogP contribution >= 0.6 is 0 Å². The summed E-state index contributed by atoms with van der Waals surface area (Å²) in [6, 6.07) is 0. The average molecular weight is 782 g/mol. The Morgan fingerprint density at radius 3 is 1.96 bits per heavy atom. The van der Waals surface area contributed by atoms with E-state index in [9.17, 15) is 5.11 Å². The van der Waals surface area contributed by atoms with Crippen molar-refractivity contribution < 1.29 is 27.6 Å². The molecule has 0 amide bonds. The quantitative estimate of drug-likeness (QED) is 0.140. The minimum atomic E-state index is -1.85. The fraction of sp³-hybridized carbons (Fsp3) is 0.925. The van der Waals surface area contributed by atoms with Crippen molar-refractivity contribution in [3.05, 3.63) is 11.6 Å². The Hall–Kier alpha value is -0.122. The summed E-state index contributed by atoms with van der Waals surface area (Å²) in [6.07, 6.45) is 10.1. The van der Waals surface area contributed by atoms with E-state index >= 15 is 0 Å². The molecule has 4 rings (SSSR count). The second kappa shape index (κ2) is 14.8. The minimum Gasteiger partial charge on any atom is -0.414 e. The molecule has 3 fully saturated rings. The van der Waals surface area contributed by atoms with Gasteiger partial charge in [-0.1, -0.05) is 25.9 Å². The number of aliphatic hydroxyl groups is 1. The van der Waals surface area contributed by atoms with E-state index in [1.165, 1.54) is 5.57 Å². The van der Waals surface area contributed by atoms with Crippen LogP contribution in [0.4, 0.5) is 0 Å². The number of hydrogen-bond donors (Lipinski definition) is 1. The summed E-state index contributed by atoms with van der Waals surface area (Å²) in [5, 5.41) is 18.0. The molecule has 4 aliphatic carbocycles. The summed E-state index contributed by atoms with van der Waals surface area (Å²) in [4.78, 5) is 5.57. The molecular weight excluding hydrogens is 703 g/mol. The van der Waals surface area contributed by atoms with Gasteiger partial charge < -0.3 is 27.6 Å². The average Bonchev–Trinajstić information content (AvgIpc) is 3.19. The molecule has 0 heterocycles. The Morgan fingerprint density at radius 2 is 1.43 bits per heavy atom. The molecular formula is C40H79NO6Si4. The second-order valence-electron chi connectivity index (χ2n) is 22.0. The van der Waals surface area contributed by atoms with E-state index in [2.05, 4.69) is 119 Å². The highest BCUT2D eigenvalue weighted by atomic mass is 28.4. The van der Waals surface area contributed by atoms with Crippen molar-refractivity contribution in [1.82, 2.24) is 0 Å². The van der Waals surface area contributed by atoms with E-state index in [1.807, 2.05) is 0 Å².